The van der Waals surface area contributed by atoms with Gasteiger partial charge in [0.05, 0.1) is 11.2 Å². The van der Waals surface area contributed by atoms with Crippen molar-refractivity contribution in [2.24, 2.45) is 5.92 Å². The van der Waals surface area contributed by atoms with Crippen molar-refractivity contribution < 1.29 is 0 Å². The molecule has 0 saturated heterocycles. The van der Waals surface area contributed by atoms with Crippen LogP contribution in [0.4, 0.5) is 5.69 Å². The highest BCUT2D eigenvalue weighted by Gasteiger charge is 2.12. The first-order chi connectivity index (χ1) is 9.52. The fourth-order valence-electron chi connectivity index (χ4n) is 2.30. The number of rotatable bonds is 5. The molecule has 0 spiro atoms. The van der Waals surface area contributed by atoms with Crippen LogP contribution in [-0.4, -0.2) is 11.5 Å². The van der Waals surface area contributed by atoms with E-state index in [1.54, 1.807) is 6.07 Å². The summed E-state index contributed by atoms with van der Waals surface area (Å²) in [5.74, 6) is 0.512. The van der Waals surface area contributed by atoms with Gasteiger partial charge in [-0.2, -0.15) is 0 Å². The SMILES string of the molecule is CCCc1c(NCC(C)C)c2cc(Cl)ccc2[nH]c1=O. The zero-order chi connectivity index (χ0) is 14.7. The van der Waals surface area contributed by atoms with Crippen LogP contribution in [-0.2, 0) is 6.42 Å². The number of H-pyrrole nitrogens is 1. The fourth-order valence-corrected chi connectivity index (χ4v) is 2.47. The number of hydrogen-bond acceptors (Lipinski definition) is 2. The van der Waals surface area contributed by atoms with Crippen LogP contribution in [0.25, 0.3) is 10.9 Å². The molecule has 0 radical (unpaired) electrons. The molecule has 1 aromatic carbocycles. The molecule has 0 atom stereocenters. The Morgan fingerprint density at radius 2 is 2.10 bits per heavy atom. The second kappa shape index (κ2) is 6.31. The minimum Gasteiger partial charge on any atom is -0.384 e. The van der Waals surface area contributed by atoms with E-state index >= 15 is 0 Å². The van der Waals surface area contributed by atoms with Crippen molar-refractivity contribution in [3.63, 3.8) is 0 Å². The lowest BCUT2D eigenvalue weighted by atomic mass is 10.0. The molecule has 0 aliphatic carbocycles. The first-order valence-corrected chi connectivity index (χ1v) is 7.49. The summed E-state index contributed by atoms with van der Waals surface area (Å²) >= 11 is 6.10. The topological polar surface area (TPSA) is 44.9 Å². The molecule has 0 fully saturated rings. The number of pyridine rings is 1. The van der Waals surface area contributed by atoms with Crippen molar-refractivity contribution >= 4 is 28.2 Å². The van der Waals surface area contributed by atoms with E-state index in [9.17, 15) is 4.79 Å². The molecule has 1 heterocycles. The third-order valence-electron chi connectivity index (χ3n) is 3.26. The van der Waals surface area contributed by atoms with Gasteiger partial charge in [-0.25, -0.2) is 0 Å². The van der Waals surface area contributed by atoms with Crippen LogP contribution < -0.4 is 10.9 Å². The number of anilines is 1. The predicted octanol–water partition coefficient (Wildman–Crippen LogP) is 4.20. The van der Waals surface area contributed by atoms with Gasteiger partial charge in [-0.15, -0.1) is 0 Å². The van der Waals surface area contributed by atoms with Gasteiger partial charge >= 0.3 is 0 Å². The molecule has 0 bridgehead atoms. The monoisotopic (exact) mass is 292 g/mol. The Bertz CT molecular complexity index is 661. The van der Waals surface area contributed by atoms with Crippen molar-refractivity contribution in [2.75, 3.05) is 11.9 Å². The van der Waals surface area contributed by atoms with Crippen LogP contribution >= 0.6 is 11.6 Å². The number of aromatic nitrogens is 1. The Balaban J connectivity index is 2.64. The van der Waals surface area contributed by atoms with Crippen molar-refractivity contribution in [2.45, 2.75) is 33.6 Å². The van der Waals surface area contributed by atoms with Gasteiger partial charge in [-0.1, -0.05) is 38.8 Å². The zero-order valence-corrected chi connectivity index (χ0v) is 13.0. The normalized spacial score (nSPS) is 11.2. The molecule has 0 unspecified atom stereocenters. The van der Waals surface area contributed by atoms with Gasteiger partial charge in [0.2, 0.25) is 0 Å². The molecule has 4 heteroatoms. The van der Waals surface area contributed by atoms with Gasteiger partial charge < -0.3 is 10.3 Å². The third kappa shape index (κ3) is 3.15. The van der Waals surface area contributed by atoms with E-state index in [0.29, 0.717) is 10.9 Å². The Morgan fingerprint density at radius 1 is 1.35 bits per heavy atom. The van der Waals surface area contributed by atoms with E-state index in [2.05, 4.69) is 31.1 Å². The summed E-state index contributed by atoms with van der Waals surface area (Å²) in [6.45, 7) is 7.21. The smallest absolute Gasteiger partial charge is 0.253 e. The lowest BCUT2D eigenvalue weighted by Crippen LogP contribution is -2.18. The number of nitrogens with one attached hydrogen (secondary N) is 2. The second-order valence-corrected chi connectivity index (χ2v) is 5.96. The summed E-state index contributed by atoms with van der Waals surface area (Å²) in [7, 11) is 0. The van der Waals surface area contributed by atoms with E-state index in [-0.39, 0.29) is 5.56 Å². The molecule has 20 heavy (non-hydrogen) atoms. The van der Waals surface area contributed by atoms with Crippen LogP contribution in [0.1, 0.15) is 32.8 Å². The van der Waals surface area contributed by atoms with Crippen LogP contribution in [0, 0.1) is 5.92 Å². The van der Waals surface area contributed by atoms with Gasteiger partial charge in [-0.05, 0) is 30.5 Å². The lowest BCUT2D eigenvalue weighted by molar-refractivity contribution is 0.688. The minimum atomic E-state index is -0.00655. The van der Waals surface area contributed by atoms with Gasteiger partial charge in [-0.3, -0.25) is 4.79 Å². The summed E-state index contributed by atoms with van der Waals surface area (Å²) in [5.41, 5.74) is 2.57. The number of benzene rings is 1. The molecule has 2 aromatic rings. The molecule has 0 saturated carbocycles. The van der Waals surface area contributed by atoms with Crippen LogP contribution in [0.3, 0.4) is 0 Å². The number of fused-ring (bicyclic) bond motifs is 1. The second-order valence-electron chi connectivity index (χ2n) is 5.52. The van der Waals surface area contributed by atoms with Crippen molar-refractivity contribution in [1.29, 1.82) is 0 Å². The molecule has 108 valence electrons. The third-order valence-corrected chi connectivity index (χ3v) is 3.50. The molecule has 2 rings (SSSR count). The Hall–Kier alpha value is -1.48. The molecule has 0 aliphatic rings. The quantitative estimate of drug-likeness (QED) is 0.867. The number of hydrogen-bond donors (Lipinski definition) is 2. The summed E-state index contributed by atoms with van der Waals surface area (Å²) in [5, 5.41) is 5.10. The maximum Gasteiger partial charge on any atom is 0.253 e. The van der Waals surface area contributed by atoms with Gasteiger partial charge in [0.15, 0.2) is 0 Å². The van der Waals surface area contributed by atoms with Crippen molar-refractivity contribution in [3.8, 4) is 0 Å². The van der Waals surface area contributed by atoms with Crippen LogP contribution in [0.15, 0.2) is 23.0 Å². The lowest BCUT2D eigenvalue weighted by Gasteiger charge is -2.16. The van der Waals surface area contributed by atoms with E-state index < -0.39 is 0 Å². The van der Waals surface area contributed by atoms with Crippen molar-refractivity contribution in [3.05, 3.63) is 39.1 Å². The standard InChI is InChI=1S/C16H21ClN2O/c1-4-5-12-15(18-9-10(2)3)13-8-11(17)6-7-14(13)19-16(12)20/h6-8,10H,4-5,9H2,1-3H3,(H2,18,19,20). The largest absolute Gasteiger partial charge is 0.384 e. The van der Waals surface area contributed by atoms with Gasteiger partial charge in [0.25, 0.3) is 5.56 Å². The van der Waals surface area contributed by atoms with Crippen molar-refractivity contribution in [1.82, 2.24) is 4.98 Å². The van der Waals surface area contributed by atoms with E-state index in [1.165, 1.54) is 0 Å². The summed E-state index contributed by atoms with van der Waals surface area (Å²) in [6, 6.07) is 5.57. The average Bonchev–Trinajstić information content (AvgIpc) is 2.39. The highest BCUT2D eigenvalue weighted by Crippen LogP contribution is 2.27. The van der Waals surface area contributed by atoms with Gasteiger partial charge in [0, 0.05) is 22.5 Å². The minimum absolute atomic E-state index is 0.00655. The zero-order valence-electron chi connectivity index (χ0n) is 12.2. The number of halogens is 1. The number of aromatic amines is 1. The van der Waals surface area contributed by atoms with Crippen LogP contribution in [0.2, 0.25) is 5.02 Å². The fraction of sp³-hybridized carbons (Fsp3) is 0.438. The Labute approximate surface area is 124 Å². The first kappa shape index (κ1) is 14.9. The summed E-state index contributed by atoms with van der Waals surface area (Å²) in [6.07, 6.45) is 1.70. The predicted molar refractivity (Wildman–Crippen MR) is 86.9 cm³/mol. The first-order valence-electron chi connectivity index (χ1n) is 7.11. The van der Waals surface area contributed by atoms with Crippen LogP contribution in [0.5, 0.6) is 0 Å². The Kier molecular flexibility index (Phi) is 4.71. The molecule has 0 aliphatic heterocycles. The van der Waals surface area contributed by atoms with E-state index in [0.717, 1.165) is 41.5 Å². The highest BCUT2D eigenvalue weighted by atomic mass is 35.5. The summed E-state index contributed by atoms with van der Waals surface area (Å²) in [4.78, 5) is 15.2. The van der Waals surface area contributed by atoms with E-state index in [4.69, 9.17) is 11.6 Å². The molecule has 1 aromatic heterocycles. The Morgan fingerprint density at radius 3 is 2.75 bits per heavy atom. The molecular weight excluding hydrogens is 272 g/mol. The van der Waals surface area contributed by atoms with E-state index in [1.807, 2.05) is 12.1 Å². The maximum absolute atomic E-state index is 12.2. The summed E-state index contributed by atoms with van der Waals surface area (Å²) < 4.78 is 0. The average molecular weight is 293 g/mol. The molecule has 0 amide bonds. The molecule has 3 nitrogen and oxygen atoms in total. The molecule has 2 N–H and O–H groups in total. The van der Waals surface area contributed by atoms with Gasteiger partial charge in [0.1, 0.15) is 0 Å². The maximum atomic E-state index is 12.2. The molecular formula is C16H21ClN2O. The highest BCUT2D eigenvalue weighted by molar-refractivity contribution is 6.31.